The molecular formula is C32H51F2N7O3. The first-order valence-electron chi connectivity index (χ1n) is 17.1. The van der Waals surface area contributed by atoms with Gasteiger partial charge in [0.1, 0.15) is 12.3 Å². The van der Waals surface area contributed by atoms with Crippen LogP contribution in [0.5, 0.6) is 0 Å². The van der Waals surface area contributed by atoms with Crippen LogP contribution < -0.4 is 21.3 Å². The molecule has 246 valence electrons. The van der Waals surface area contributed by atoms with E-state index in [1.807, 2.05) is 4.90 Å². The van der Waals surface area contributed by atoms with Gasteiger partial charge in [0, 0.05) is 68.2 Å². The lowest BCUT2D eigenvalue weighted by Crippen LogP contribution is -2.83. The van der Waals surface area contributed by atoms with Crippen molar-refractivity contribution in [2.45, 2.75) is 107 Å². The fraction of sp³-hybridized carbons (Fsp3) is 0.875. The summed E-state index contributed by atoms with van der Waals surface area (Å²) in [5, 5.41) is 14.2. The highest BCUT2D eigenvalue weighted by Crippen LogP contribution is 2.46. The molecule has 0 radical (unpaired) electrons. The minimum atomic E-state index is -1.23. The molecule has 7 rings (SSSR count). The molecule has 7 aliphatic rings. The van der Waals surface area contributed by atoms with Crippen molar-refractivity contribution in [3.8, 4) is 0 Å². The molecule has 6 aliphatic heterocycles. The Hall–Kier alpha value is -1.86. The Morgan fingerprint density at radius 2 is 1.84 bits per heavy atom. The number of hydrogen-bond donors (Lipinski definition) is 4. The molecule has 1 spiro atoms. The Labute approximate surface area is 260 Å². The quantitative estimate of drug-likeness (QED) is 0.356. The topological polar surface area (TPSA) is 101 Å². The molecule has 6 saturated heterocycles. The Morgan fingerprint density at radius 1 is 1.05 bits per heavy atom. The van der Waals surface area contributed by atoms with E-state index in [0.29, 0.717) is 32.7 Å². The van der Waals surface area contributed by atoms with Crippen LogP contribution in [-0.2, 0) is 9.53 Å². The lowest BCUT2D eigenvalue weighted by atomic mass is 9.69. The van der Waals surface area contributed by atoms with Crippen molar-refractivity contribution in [1.82, 2.24) is 36.0 Å². The largest absolute Gasteiger partial charge is 0.376 e. The molecule has 12 heteroatoms. The molecule has 1 saturated carbocycles. The number of alkyl halides is 2. The summed E-state index contributed by atoms with van der Waals surface area (Å²) < 4.78 is 38.9. The van der Waals surface area contributed by atoms with E-state index in [1.165, 1.54) is 6.08 Å². The third-order valence-corrected chi connectivity index (χ3v) is 11.8. The number of rotatable bonds is 3. The van der Waals surface area contributed by atoms with Gasteiger partial charge in [0.05, 0.1) is 24.5 Å². The summed E-state index contributed by atoms with van der Waals surface area (Å²) in [5.41, 5.74) is 0.0163. The fourth-order valence-corrected chi connectivity index (χ4v) is 9.84. The highest BCUT2D eigenvalue weighted by molar-refractivity contribution is 5.87. The monoisotopic (exact) mass is 619 g/mol. The first kappa shape index (κ1) is 30.8. The molecule has 0 aromatic heterocycles. The lowest BCUT2D eigenvalue weighted by molar-refractivity contribution is -0.174. The second kappa shape index (κ2) is 12.1. The molecule has 7 fully saturated rings. The molecule has 0 aromatic rings. The molecule has 4 N–H and O–H groups in total. The highest BCUT2D eigenvalue weighted by atomic mass is 19.1. The smallest absolute Gasteiger partial charge is 0.320 e. The number of piperidine rings is 2. The minimum Gasteiger partial charge on any atom is -0.376 e. The van der Waals surface area contributed by atoms with Gasteiger partial charge in [-0.25, -0.2) is 13.6 Å². The maximum absolute atomic E-state index is 16.5. The number of hydrogen-bond acceptors (Lipinski definition) is 7. The van der Waals surface area contributed by atoms with Crippen LogP contribution in [0.15, 0.2) is 12.7 Å². The van der Waals surface area contributed by atoms with Crippen LogP contribution in [0.1, 0.15) is 52.4 Å². The van der Waals surface area contributed by atoms with E-state index < -0.39 is 30.5 Å². The van der Waals surface area contributed by atoms with Crippen LogP contribution >= 0.6 is 0 Å². The van der Waals surface area contributed by atoms with E-state index in [0.717, 1.165) is 45.3 Å². The van der Waals surface area contributed by atoms with Crippen molar-refractivity contribution in [1.29, 1.82) is 0 Å². The number of carbonyl (C=O) groups is 2. The highest BCUT2D eigenvalue weighted by Gasteiger charge is 2.61. The van der Waals surface area contributed by atoms with Gasteiger partial charge in [0.2, 0.25) is 5.91 Å². The normalized spacial score (nSPS) is 44.1. The van der Waals surface area contributed by atoms with E-state index in [2.05, 4.69) is 46.6 Å². The standard InChI is InChI=1S/C32H51F2N7O3/c1-4-24(42)39-14-32(15-39)16-40(17-32)29-19-13-21(34)27-25-20(33)7-5-8-22(25)35-10-6-12-44-23-9-11-36-26(18(2)3)28(23)41(30(19)37-27)31(43)38-29/h4,18-23,25-30,35-37H,1,5-17H2,2-3H3,(H,38,43). The fourth-order valence-electron chi connectivity index (χ4n) is 9.84. The van der Waals surface area contributed by atoms with E-state index in [9.17, 15) is 9.59 Å². The number of ether oxygens (including phenoxy) is 1. The Balaban J connectivity index is 1.21. The van der Waals surface area contributed by atoms with E-state index >= 15 is 8.78 Å². The number of fused-ring (bicyclic) bond motifs is 5. The van der Waals surface area contributed by atoms with Crippen LogP contribution in [-0.4, -0.2) is 127 Å². The van der Waals surface area contributed by atoms with E-state index in [4.69, 9.17) is 4.74 Å². The average molecular weight is 620 g/mol. The maximum atomic E-state index is 16.5. The Bertz CT molecular complexity index is 1100. The van der Waals surface area contributed by atoms with Gasteiger partial charge >= 0.3 is 6.03 Å². The summed E-state index contributed by atoms with van der Waals surface area (Å²) in [6, 6.07) is -1.20. The van der Waals surface area contributed by atoms with Crippen molar-refractivity contribution >= 4 is 11.9 Å². The second-order valence-corrected chi connectivity index (χ2v) is 15.0. The molecule has 6 heterocycles. The number of nitrogens with one attached hydrogen (secondary N) is 4. The zero-order valence-corrected chi connectivity index (χ0v) is 26.2. The number of carbonyl (C=O) groups excluding carboxylic acids is 2. The summed E-state index contributed by atoms with van der Waals surface area (Å²) in [6.07, 6.45) is 1.97. The molecule has 44 heavy (non-hydrogen) atoms. The molecular weight excluding hydrogens is 568 g/mol. The van der Waals surface area contributed by atoms with Gasteiger partial charge in [-0.2, -0.15) is 0 Å². The van der Waals surface area contributed by atoms with Crippen molar-refractivity contribution in [3.63, 3.8) is 0 Å². The lowest BCUT2D eigenvalue weighted by Gasteiger charge is -2.65. The molecule has 11 unspecified atom stereocenters. The van der Waals surface area contributed by atoms with Crippen molar-refractivity contribution in [2.24, 2.45) is 23.2 Å². The first-order chi connectivity index (χ1) is 21.2. The van der Waals surface area contributed by atoms with Crippen LogP contribution in [0.3, 0.4) is 0 Å². The third-order valence-electron chi connectivity index (χ3n) is 11.8. The first-order valence-corrected chi connectivity index (χ1v) is 17.1. The number of nitrogens with zero attached hydrogens (tertiary/aromatic N) is 3. The SMILES string of the molecule is C=CC(=O)N1CC2(C1)CN(C1NC(=O)N3C4NC(C(F)CC14)C1C(F)CCCC1NCCCOC1CCNC(C(C)C)C13)C2. The summed E-state index contributed by atoms with van der Waals surface area (Å²) in [7, 11) is 0. The van der Waals surface area contributed by atoms with Crippen molar-refractivity contribution in [3.05, 3.63) is 12.7 Å². The van der Waals surface area contributed by atoms with Gasteiger partial charge in [-0.15, -0.1) is 0 Å². The van der Waals surface area contributed by atoms with Gasteiger partial charge in [0.15, 0.2) is 0 Å². The van der Waals surface area contributed by atoms with Gasteiger partial charge < -0.3 is 30.5 Å². The summed E-state index contributed by atoms with van der Waals surface area (Å²) >= 11 is 0. The van der Waals surface area contributed by atoms with Gasteiger partial charge in [-0.05, 0) is 63.6 Å². The zero-order chi connectivity index (χ0) is 30.7. The minimum absolute atomic E-state index is 0.00953. The summed E-state index contributed by atoms with van der Waals surface area (Å²) in [4.78, 5) is 32.4. The predicted octanol–water partition coefficient (Wildman–Crippen LogP) is 1.58. The Kier molecular flexibility index (Phi) is 8.43. The molecule has 1 aliphatic carbocycles. The molecule has 11 atom stereocenters. The molecule has 3 amide bonds. The maximum Gasteiger partial charge on any atom is 0.320 e. The Morgan fingerprint density at radius 3 is 2.59 bits per heavy atom. The predicted molar refractivity (Wildman–Crippen MR) is 162 cm³/mol. The number of amides is 3. The van der Waals surface area contributed by atoms with E-state index in [1.54, 1.807) is 4.90 Å². The number of urea groups is 1. The number of halogens is 2. The van der Waals surface area contributed by atoms with Gasteiger partial charge in [0.25, 0.3) is 0 Å². The number of likely N-dealkylation sites (tertiary alicyclic amines) is 2. The van der Waals surface area contributed by atoms with E-state index in [-0.39, 0.29) is 66.0 Å². The molecule has 10 nitrogen and oxygen atoms in total. The second-order valence-electron chi connectivity index (χ2n) is 15.0. The summed E-state index contributed by atoms with van der Waals surface area (Å²) in [5.74, 6) is -0.532. The van der Waals surface area contributed by atoms with Crippen LogP contribution in [0.2, 0.25) is 0 Å². The van der Waals surface area contributed by atoms with Crippen molar-refractivity contribution in [2.75, 3.05) is 45.9 Å². The molecule has 0 aromatic carbocycles. The van der Waals surface area contributed by atoms with Gasteiger partial charge in [-0.1, -0.05) is 20.4 Å². The van der Waals surface area contributed by atoms with Gasteiger partial charge in [-0.3, -0.25) is 15.0 Å². The average Bonchev–Trinajstić information content (AvgIpc) is 2.96. The third kappa shape index (κ3) is 5.26. The van der Waals surface area contributed by atoms with Crippen LogP contribution in [0.4, 0.5) is 13.6 Å². The molecule has 2 bridgehead atoms. The van der Waals surface area contributed by atoms with Crippen LogP contribution in [0, 0.1) is 23.2 Å². The zero-order valence-electron chi connectivity index (χ0n) is 26.2. The van der Waals surface area contributed by atoms with Crippen LogP contribution in [0.25, 0.3) is 0 Å². The van der Waals surface area contributed by atoms with Crippen molar-refractivity contribution < 1.29 is 23.1 Å². The summed E-state index contributed by atoms with van der Waals surface area (Å²) in [6.45, 7) is 12.9.